The van der Waals surface area contributed by atoms with Crippen molar-refractivity contribution in [2.75, 3.05) is 33.1 Å². The molecule has 1 aromatic carbocycles. The minimum atomic E-state index is -3.49. The van der Waals surface area contributed by atoms with Gasteiger partial charge in [0.15, 0.2) is 0 Å². The van der Waals surface area contributed by atoms with Crippen LogP contribution in [0.4, 0.5) is 0 Å². The predicted octanol–water partition coefficient (Wildman–Crippen LogP) is 1.78. The minimum Gasteiger partial charge on any atom is -0.497 e. The van der Waals surface area contributed by atoms with Crippen LogP contribution in [0.15, 0.2) is 24.3 Å². The second kappa shape index (κ2) is 9.78. The molecule has 146 valence electrons. The number of nitrogens with zero attached hydrogens (tertiary/aromatic N) is 1. The molecule has 1 fully saturated rings. The molecular weight excluding hydrogens is 356 g/mol. The van der Waals surface area contributed by atoms with Crippen LogP contribution in [0.25, 0.3) is 0 Å². The lowest BCUT2D eigenvalue weighted by atomic mass is 9.95. The van der Waals surface area contributed by atoms with Crippen LogP contribution in [0.3, 0.4) is 0 Å². The van der Waals surface area contributed by atoms with Crippen molar-refractivity contribution in [3.05, 3.63) is 24.3 Å². The summed E-state index contributed by atoms with van der Waals surface area (Å²) in [5, 5.41) is 2.94. The molecule has 0 bridgehead atoms. The van der Waals surface area contributed by atoms with Crippen molar-refractivity contribution in [1.82, 2.24) is 9.62 Å². The summed E-state index contributed by atoms with van der Waals surface area (Å²) >= 11 is 0. The molecule has 8 heteroatoms. The van der Waals surface area contributed by atoms with Crippen LogP contribution in [0.1, 0.15) is 32.1 Å². The highest BCUT2D eigenvalue weighted by Crippen LogP contribution is 2.18. The number of carbonyl (C=O) groups excluding carboxylic acids is 1. The number of ether oxygens (including phenoxy) is 2. The molecule has 1 amide bonds. The van der Waals surface area contributed by atoms with Gasteiger partial charge in [-0.15, -0.1) is 0 Å². The predicted molar refractivity (Wildman–Crippen MR) is 99.9 cm³/mol. The average molecular weight is 384 g/mol. The van der Waals surface area contributed by atoms with E-state index in [2.05, 4.69) is 5.32 Å². The number of hydrogen-bond donors (Lipinski definition) is 1. The van der Waals surface area contributed by atoms with Crippen molar-refractivity contribution in [2.45, 2.75) is 38.1 Å². The van der Waals surface area contributed by atoms with E-state index in [0.29, 0.717) is 5.75 Å². The minimum absolute atomic E-state index is 0.114. The zero-order chi connectivity index (χ0) is 19.0. The lowest BCUT2D eigenvalue weighted by molar-refractivity contribution is -0.122. The van der Waals surface area contributed by atoms with Gasteiger partial charge in [-0.05, 0) is 37.1 Å². The molecular formula is C18H28N2O5S. The maximum atomic E-state index is 12.2. The van der Waals surface area contributed by atoms with Crippen LogP contribution in [0.2, 0.25) is 0 Å². The second-order valence-corrected chi connectivity index (χ2v) is 8.51. The van der Waals surface area contributed by atoms with Crippen molar-refractivity contribution in [3.63, 3.8) is 0 Å². The molecule has 0 heterocycles. The molecule has 1 aliphatic rings. The van der Waals surface area contributed by atoms with E-state index in [4.69, 9.17) is 9.47 Å². The zero-order valence-corrected chi connectivity index (χ0v) is 16.3. The molecule has 0 unspecified atom stereocenters. The molecule has 1 aromatic rings. The Morgan fingerprint density at radius 3 is 2.35 bits per heavy atom. The van der Waals surface area contributed by atoms with Gasteiger partial charge in [-0.2, -0.15) is 4.31 Å². The first-order valence-electron chi connectivity index (χ1n) is 8.90. The summed E-state index contributed by atoms with van der Waals surface area (Å²) in [6.07, 6.45) is 6.45. The molecule has 1 saturated carbocycles. The number of nitrogens with one attached hydrogen (secondary N) is 1. The molecule has 0 aromatic heterocycles. The van der Waals surface area contributed by atoms with Crippen molar-refractivity contribution in [3.8, 4) is 11.5 Å². The highest BCUT2D eigenvalue weighted by Gasteiger charge is 2.22. The Kier molecular flexibility index (Phi) is 7.71. The molecule has 0 radical (unpaired) electrons. The van der Waals surface area contributed by atoms with Crippen LogP contribution in [-0.4, -0.2) is 57.7 Å². The number of amides is 1. The molecule has 7 nitrogen and oxygen atoms in total. The van der Waals surface area contributed by atoms with E-state index in [9.17, 15) is 13.2 Å². The van der Waals surface area contributed by atoms with Crippen LogP contribution in [0, 0.1) is 0 Å². The first-order valence-corrected chi connectivity index (χ1v) is 10.7. The Morgan fingerprint density at radius 2 is 1.77 bits per heavy atom. The summed E-state index contributed by atoms with van der Waals surface area (Å²) in [6.45, 7) is 0.0976. The monoisotopic (exact) mass is 384 g/mol. The lowest BCUT2D eigenvalue weighted by Gasteiger charge is -2.25. The fraction of sp³-hybridized carbons (Fsp3) is 0.611. The molecule has 0 aliphatic heterocycles. The third-order valence-electron chi connectivity index (χ3n) is 4.43. The Balaban J connectivity index is 1.83. The molecule has 0 atom stereocenters. The fourth-order valence-electron chi connectivity index (χ4n) is 2.98. The number of benzene rings is 1. The summed E-state index contributed by atoms with van der Waals surface area (Å²) in [7, 11) is -1.91. The van der Waals surface area contributed by atoms with Gasteiger partial charge in [0.1, 0.15) is 18.1 Å². The van der Waals surface area contributed by atoms with E-state index in [1.807, 2.05) is 0 Å². The van der Waals surface area contributed by atoms with E-state index in [1.54, 1.807) is 31.4 Å². The highest BCUT2D eigenvalue weighted by atomic mass is 32.2. The van der Waals surface area contributed by atoms with Crippen LogP contribution in [0.5, 0.6) is 11.5 Å². The fourth-order valence-corrected chi connectivity index (χ4v) is 3.74. The average Bonchev–Trinajstić information content (AvgIpc) is 2.61. The molecule has 26 heavy (non-hydrogen) atoms. The van der Waals surface area contributed by atoms with Gasteiger partial charge in [0.05, 0.1) is 19.9 Å². The van der Waals surface area contributed by atoms with Crippen molar-refractivity contribution >= 4 is 15.9 Å². The number of methoxy groups -OCH3 is 1. The van der Waals surface area contributed by atoms with Gasteiger partial charge in [-0.25, -0.2) is 8.42 Å². The van der Waals surface area contributed by atoms with Gasteiger partial charge in [0.2, 0.25) is 15.9 Å². The topological polar surface area (TPSA) is 84.9 Å². The van der Waals surface area contributed by atoms with Crippen LogP contribution < -0.4 is 14.8 Å². The summed E-state index contributed by atoms with van der Waals surface area (Å²) in [5.41, 5.74) is 0. The first-order chi connectivity index (χ1) is 12.4. The summed E-state index contributed by atoms with van der Waals surface area (Å²) in [5.74, 6) is 1.08. The van der Waals surface area contributed by atoms with Gasteiger partial charge in [-0.1, -0.05) is 19.3 Å². The SMILES string of the molecule is COc1ccc(OCCN(CC(=O)NC2CCCCC2)S(C)(=O)=O)cc1. The van der Waals surface area contributed by atoms with Gasteiger partial charge in [0, 0.05) is 12.6 Å². The van der Waals surface area contributed by atoms with Crippen LogP contribution >= 0.6 is 0 Å². The Labute approximate surface area is 155 Å². The smallest absolute Gasteiger partial charge is 0.235 e. The van der Waals surface area contributed by atoms with Gasteiger partial charge < -0.3 is 14.8 Å². The van der Waals surface area contributed by atoms with E-state index in [0.717, 1.165) is 42.0 Å². The van der Waals surface area contributed by atoms with Crippen molar-refractivity contribution < 1.29 is 22.7 Å². The number of hydrogen-bond acceptors (Lipinski definition) is 5. The lowest BCUT2D eigenvalue weighted by Crippen LogP contribution is -2.45. The highest BCUT2D eigenvalue weighted by molar-refractivity contribution is 7.88. The molecule has 0 spiro atoms. The summed E-state index contributed by atoms with van der Waals surface area (Å²) < 4.78 is 35.7. The number of carbonyl (C=O) groups is 1. The second-order valence-electron chi connectivity index (χ2n) is 6.52. The Hall–Kier alpha value is -1.80. The standard InChI is InChI=1S/C18H28N2O5S/c1-24-16-8-10-17(11-9-16)25-13-12-20(26(2,22)23)14-18(21)19-15-6-4-3-5-7-15/h8-11,15H,3-7,12-14H2,1-2H3,(H,19,21). The van der Waals surface area contributed by atoms with Gasteiger partial charge >= 0.3 is 0 Å². The molecule has 2 rings (SSSR count). The van der Waals surface area contributed by atoms with Crippen LogP contribution in [-0.2, 0) is 14.8 Å². The van der Waals surface area contributed by atoms with E-state index < -0.39 is 10.0 Å². The van der Waals surface area contributed by atoms with E-state index >= 15 is 0 Å². The number of rotatable bonds is 9. The maximum absolute atomic E-state index is 12.2. The van der Waals surface area contributed by atoms with E-state index in [1.165, 1.54) is 6.42 Å². The van der Waals surface area contributed by atoms with Gasteiger partial charge in [0.25, 0.3) is 0 Å². The van der Waals surface area contributed by atoms with Crippen molar-refractivity contribution in [2.24, 2.45) is 0 Å². The summed E-state index contributed by atoms with van der Waals surface area (Å²) in [4.78, 5) is 12.2. The quantitative estimate of drug-likeness (QED) is 0.702. The zero-order valence-electron chi connectivity index (χ0n) is 15.4. The third kappa shape index (κ3) is 6.84. The Bertz CT molecular complexity index is 669. The Morgan fingerprint density at radius 1 is 1.15 bits per heavy atom. The third-order valence-corrected chi connectivity index (χ3v) is 5.68. The molecule has 0 saturated heterocycles. The largest absolute Gasteiger partial charge is 0.497 e. The normalized spacial score (nSPS) is 15.7. The number of sulfonamides is 1. The van der Waals surface area contributed by atoms with Gasteiger partial charge in [-0.3, -0.25) is 4.79 Å². The maximum Gasteiger partial charge on any atom is 0.235 e. The van der Waals surface area contributed by atoms with Crippen molar-refractivity contribution in [1.29, 1.82) is 0 Å². The summed E-state index contributed by atoms with van der Waals surface area (Å²) in [6, 6.07) is 7.19. The van der Waals surface area contributed by atoms with E-state index in [-0.39, 0.29) is 31.6 Å². The first kappa shape index (κ1) is 20.5. The molecule has 1 aliphatic carbocycles. The molecule has 1 N–H and O–H groups in total.